The molecule has 1 aliphatic heterocycles. The summed E-state index contributed by atoms with van der Waals surface area (Å²) in [7, 11) is 0. The lowest BCUT2D eigenvalue weighted by molar-refractivity contribution is -0.189. The molecule has 2 aliphatic rings. The van der Waals surface area contributed by atoms with E-state index < -0.39 is 5.60 Å². The third-order valence-corrected chi connectivity index (χ3v) is 5.61. The third-order valence-electron chi connectivity index (χ3n) is 5.61. The first kappa shape index (κ1) is 17.2. The number of carbonyl (C=O) groups excluding carboxylic acids is 1. The Balaban J connectivity index is 1.54. The topological polar surface area (TPSA) is 70.6 Å². The lowest BCUT2D eigenvalue weighted by atomic mass is 9.55. The lowest BCUT2D eigenvalue weighted by Gasteiger charge is -2.59. The number of carbonyl (C=O) groups is 1. The molecular formula is C19H28N2O3. The van der Waals surface area contributed by atoms with Crippen molar-refractivity contribution in [2.75, 3.05) is 13.2 Å². The van der Waals surface area contributed by atoms with Gasteiger partial charge in [0.1, 0.15) is 5.60 Å². The second kappa shape index (κ2) is 6.37. The van der Waals surface area contributed by atoms with Gasteiger partial charge in [-0.15, -0.1) is 0 Å². The summed E-state index contributed by atoms with van der Waals surface area (Å²) in [5.41, 5.74) is -0.357. The van der Waals surface area contributed by atoms with Crippen molar-refractivity contribution >= 4 is 6.03 Å². The lowest BCUT2D eigenvalue weighted by Crippen LogP contribution is -2.71. The first-order valence-corrected chi connectivity index (χ1v) is 8.76. The first-order chi connectivity index (χ1) is 11.3. The molecular weight excluding hydrogens is 304 g/mol. The Labute approximate surface area is 143 Å². The highest BCUT2D eigenvalue weighted by molar-refractivity contribution is 5.74. The fraction of sp³-hybridized carbons (Fsp3) is 0.632. The molecule has 4 atom stereocenters. The van der Waals surface area contributed by atoms with Gasteiger partial charge in [0.15, 0.2) is 0 Å². The molecule has 3 rings (SSSR count). The standard InChI is InChI=1S/C19H28N2O3/c1-18(2)15(14-10-7-11-24-16(14)18)21-17(22)20-12-19(3,23)13-8-5-4-6-9-13/h4-6,8-9,14-16,23H,7,10-12H2,1-3H3,(H2,20,21,22)/t14-,15+,16-,19-/m0/s1. The van der Waals surface area contributed by atoms with Crippen LogP contribution in [0.2, 0.25) is 0 Å². The van der Waals surface area contributed by atoms with E-state index in [-0.39, 0.29) is 30.1 Å². The molecule has 0 radical (unpaired) electrons. The normalized spacial score (nSPS) is 30.4. The van der Waals surface area contributed by atoms with Gasteiger partial charge in [0.05, 0.1) is 12.6 Å². The zero-order valence-electron chi connectivity index (χ0n) is 14.7. The predicted molar refractivity (Wildman–Crippen MR) is 92.6 cm³/mol. The number of aliphatic hydroxyl groups is 1. The molecule has 24 heavy (non-hydrogen) atoms. The molecule has 2 fully saturated rings. The predicted octanol–water partition coefficient (Wildman–Crippen LogP) is 2.40. The van der Waals surface area contributed by atoms with Gasteiger partial charge in [-0.25, -0.2) is 4.79 Å². The Morgan fingerprint density at radius 3 is 2.79 bits per heavy atom. The zero-order valence-corrected chi connectivity index (χ0v) is 14.7. The summed E-state index contributed by atoms with van der Waals surface area (Å²) in [5.74, 6) is 0.397. The minimum Gasteiger partial charge on any atom is -0.384 e. The fourth-order valence-electron chi connectivity index (χ4n) is 4.16. The summed E-state index contributed by atoms with van der Waals surface area (Å²) < 4.78 is 5.86. The number of hydrogen-bond donors (Lipinski definition) is 3. The minimum absolute atomic E-state index is 0.0512. The number of ether oxygens (including phenoxy) is 1. The molecule has 132 valence electrons. The van der Waals surface area contributed by atoms with E-state index in [4.69, 9.17) is 4.74 Å². The molecule has 1 saturated carbocycles. The Bertz CT molecular complexity index is 586. The third kappa shape index (κ3) is 3.15. The summed E-state index contributed by atoms with van der Waals surface area (Å²) in [6.07, 6.45) is 2.39. The van der Waals surface area contributed by atoms with Crippen LogP contribution in [0.25, 0.3) is 0 Å². The van der Waals surface area contributed by atoms with Gasteiger partial charge in [-0.3, -0.25) is 0 Å². The van der Waals surface area contributed by atoms with Gasteiger partial charge in [-0.05, 0) is 25.3 Å². The van der Waals surface area contributed by atoms with Crippen LogP contribution in [0.3, 0.4) is 0 Å². The van der Waals surface area contributed by atoms with Gasteiger partial charge < -0.3 is 20.5 Å². The maximum atomic E-state index is 12.3. The largest absolute Gasteiger partial charge is 0.384 e. The molecule has 5 heteroatoms. The molecule has 3 N–H and O–H groups in total. The number of amides is 2. The van der Waals surface area contributed by atoms with E-state index in [0.717, 1.165) is 25.0 Å². The van der Waals surface area contributed by atoms with Crippen molar-refractivity contribution in [3.63, 3.8) is 0 Å². The van der Waals surface area contributed by atoms with Gasteiger partial charge >= 0.3 is 6.03 Å². The first-order valence-electron chi connectivity index (χ1n) is 8.76. The van der Waals surface area contributed by atoms with Crippen LogP contribution in [-0.4, -0.2) is 36.4 Å². The van der Waals surface area contributed by atoms with Crippen molar-refractivity contribution in [2.24, 2.45) is 11.3 Å². The Kier molecular flexibility index (Phi) is 4.58. The Morgan fingerprint density at radius 2 is 2.08 bits per heavy atom. The number of fused-ring (bicyclic) bond motifs is 1. The molecule has 1 aromatic rings. The molecule has 0 aromatic heterocycles. The van der Waals surface area contributed by atoms with Gasteiger partial charge in [0.25, 0.3) is 0 Å². The van der Waals surface area contributed by atoms with Gasteiger partial charge in [-0.1, -0.05) is 44.2 Å². The summed E-state index contributed by atoms with van der Waals surface area (Å²) in [6, 6.07) is 9.27. The molecule has 1 aromatic carbocycles. The summed E-state index contributed by atoms with van der Waals surface area (Å²) in [5, 5.41) is 16.5. The minimum atomic E-state index is -1.09. The van der Waals surface area contributed by atoms with Gasteiger partial charge in [-0.2, -0.15) is 0 Å². The summed E-state index contributed by atoms with van der Waals surface area (Å²) in [6.45, 7) is 6.99. The smallest absolute Gasteiger partial charge is 0.315 e. The van der Waals surface area contributed by atoms with E-state index in [2.05, 4.69) is 24.5 Å². The second-order valence-electron chi connectivity index (χ2n) is 7.86. The van der Waals surface area contributed by atoms with Crippen molar-refractivity contribution in [1.82, 2.24) is 10.6 Å². The van der Waals surface area contributed by atoms with E-state index in [1.807, 2.05) is 30.3 Å². The van der Waals surface area contributed by atoms with Crippen molar-refractivity contribution in [3.8, 4) is 0 Å². The van der Waals surface area contributed by atoms with E-state index in [0.29, 0.717) is 5.92 Å². The van der Waals surface area contributed by atoms with E-state index >= 15 is 0 Å². The maximum absolute atomic E-state index is 12.3. The van der Waals surface area contributed by atoms with Crippen molar-refractivity contribution < 1.29 is 14.6 Å². The monoisotopic (exact) mass is 332 g/mol. The quantitative estimate of drug-likeness (QED) is 0.793. The summed E-state index contributed by atoms with van der Waals surface area (Å²) >= 11 is 0. The Morgan fingerprint density at radius 1 is 1.38 bits per heavy atom. The van der Waals surface area contributed by atoms with Crippen molar-refractivity contribution in [2.45, 2.75) is 51.4 Å². The van der Waals surface area contributed by atoms with Gasteiger partial charge in [0, 0.05) is 24.0 Å². The molecule has 5 nitrogen and oxygen atoms in total. The van der Waals surface area contributed by atoms with Crippen LogP contribution in [0, 0.1) is 11.3 Å². The van der Waals surface area contributed by atoms with Crippen LogP contribution >= 0.6 is 0 Å². The number of nitrogens with one attached hydrogen (secondary N) is 2. The van der Waals surface area contributed by atoms with Crippen molar-refractivity contribution in [3.05, 3.63) is 35.9 Å². The van der Waals surface area contributed by atoms with Crippen LogP contribution in [-0.2, 0) is 10.3 Å². The molecule has 1 heterocycles. The summed E-state index contributed by atoms with van der Waals surface area (Å²) in [4.78, 5) is 12.3. The highest BCUT2D eigenvalue weighted by Crippen LogP contribution is 2.51. The van der Waals surface area contributed by atoms with E-state index in [1.54, 1.807) is 6.92 Å². The zero-order chi connectivity index (χ0) is 17.4. The highest BCUT2D eigenvalue weighted by atomic mass is 16.5. The molecule has 0 spiro atoms. The Hall–Kier alpha value is -1.59. The van der Waals surface area contributed by atoms with Crippen LogP contribution < -0.4 is 10.6 Å². The molecule has 2 amide bonds. The molecule has 1 aliphatic carbocycles. The van der Waals surface area contributed by atoms with Gasteiger partial charge in [0.2, 0.25) is 0 Å². The number of rotatable bonds is 4. The molecule has 0 bridgehead atoms. The van der Waals surface area contributed by atoms with Crippen molar-refractivity contribution in [1.29, 1.82) is 0 Å². The number of benzene rings is 1. The maximum Gasteiger partial charge on any atom is 0.315 e. The van der Waals surface area contributed by atoms with E-state index in [9.17, 15) is 9.90 Å². The highest BCUT2D eigenvalue weighted by Gasteiger charge is 2.58. The number of urea groups is 1. The van der Waals surface area contributed by atoms with Crippen LogP contribution in [0.4, 0.5) is 4.79 Å². The van der Waals surface area contributed by atoms with Crippen LogP contribution in [0.15, 0.2) is 30.3 Å². The molecule has 1 saturated heterocycles. The average molecular weight is 332 g/mol. The molecule has 0 unspecified atom stereocenters. The van der Waals surface area contributed by atoms with E-state index in [1.165, 1.54) is 0 Å². The van der Waals surface area contributed by atoms with Crippen LogP contribution in [0.1, 0.15) is 39.2 Å². The number of hydrogen-bond acceptors (Lipinski definition) is 3. The fourth-order valence-corrected chi connectivity index (χ4v) is 4.16. The second-order valence-corrected chi connectivity index (χ2v) is 7.86. The SMILES string of the molecule is CC1(C)[C@H](NC(=O)NC[C@](C)(O)c2ccccc2)[C@@H]2CCCO[C@@H]21. The average Bonchev–Trinajstić information content (AvgIpc) is 2.59. The van der Waals surface area contributed by atoms with Crippen LogP contribution in [0.5, 0.6) is 0 Å².